The molecular weight excluding hydrogens is 314 g/mol. The molecule has 0 radical (unpaired) electrons. The van der Waals surface area contributed by atoms with Crippen molar-refractivity contribution in [2.75, 3.05) is 0 Å². The minimum atomic E-state index is -4.26. The first-order valence-corrected chi connectivity index (χ1v) is 7.37. The molecule has 0 fully saturated rings. The van der Waals surface area contributed by atoms with Gasteiger partial charge in [-0.3, -0.25) is 0 Å². The molecule has 22 heavy (non-hydrogen) atoms. The molecule has 1 aliphatic carbocycles. The van der Waals surface area contributed by atoms with Gasteiger partial charge in [-0.25, -0.2) is 0 Å². The van der Waals surface area contributed by atoms with E-state index in [-0.39, 0.29) is 5.70 Å². The molecule has 0 N–H and O–H groups in total. The molecule has 0 unspecified atom stereocenters. The van der Waals surface area contributed by atoms with E-state index in [4.69, 9.17) is 0 Å². The quantitative estimate of drug-likeness (QED) is 0.553. The van der Waals surface area contributed by atoms with Gasteiger partial charge >= 0.3 is 11.8 Å². The molecule has 2 heterocycles. The molecule has 0 aliphatic heterocycles. The Kier molecular flexibility index (Phi) is 3.25. The fourth-order valence-electron chi connectivity index (χ4n) is 2.48. The topological polar surface area (TPSA) is 3.88 Å². The lowest BCUT2D eigenvalue weighted by Crippen LogP contribution is -2.38. The summed E-state index contributed by atoms with van der Waals surface area (Å²) in [5.41, 5.74) is -0.861. The average Bonchev–Trinajstić information content (AvgIpc) is 3.04. The molecule has 6 heteroatoms. The molecule has 0 amide bonds. The van der Waals surface area contributed by atoms with Crippen molar-refractivity contribution in [3.05, 3.63) is 59.8 Å². The van der Waals surface area contributed by atoms with Gasteiger partial charge in [0.25, 0.3) is 0 Å². The largest absolute Gasteiger partial charge is 0.345 e. The van der Waals surface area contributed by atoms with Gasteiger partial charge in [0, 0.05) is 22.6 Å². The number of rotatable bonds is 2. The molecule has 114 valence electrons. The van der Waals surface area contributed by atoms with Gasteiger partial charge in [0.1, 0.15) is 0 Å². The predicted molar refractivity (Wildman–Crippen MR) is 77.9 cm³/mol. The maximum absolute atomic E-state index is 13.7. The van der Waals surface area contributed by atoms with Crippen molar-refractivity contribution in [3.63, 3.8) is 0 Å². The molecule has 0 saturated heterocycles. The van der Waals surface area contributed by atoms with Gasteiger partial charge in [0.05, 0.1) is 11.1 Å². The van der Waals surface area contributed by atoms with E-state index in [0.717, 1.165) is 17.4 Å². The van der Waals surface area contributed by atoms with Crippen LogP contribution in [0.15, 0.2) is 59.8 Å². The Morgan fingerprint density at radius 1 is 1.05 bits per heavy atom. The third-order valence-corrected chi connectivity index (χ3v) is 4.70. The Labute approximate surface area is 128 Å². The zero-order valence-corrected chi connectivity index (χ0v) is 12.4. The van der Waals surface area contributed by atoms with E-state index in [0.29, 0.717) is 0 Å². The van der Waals surface area contributed by atoms with E-state index in [1.54, 1.807) is 12.1 Å². The molecule has 3 rings (SSSR count). The van der Waals surface area contributed by atoms with Crippen molar-refractivity contribution in [2.45, 2.75) is 18.8 Å². The van der Waals surface area contributed by atoms with Gasteiger partial charge < -0.3 is 0 Å². The van der Waals surface area contributed by atoms with E-state index in [1.165, 1.54) is 28.3 Å². The summed E-state index contributed by atoms with van der Waals surface area (Å²) in [6.45, 7) is 4.19. The molecular formula is C16H12F4NS+. The maximum Gasteiger partial charge on any atom is 0.345 e. The van der Waals surface area contributed by atoms with Gasteiger partial charge in [-0.2, -0.15) is 22.1 Å². The fourth-order valence-corrected chi connectivity index (χ4v) is 3.21. The van der Waals surface area contributed by atoms with Gasteiger partial charge in [-0.15, -0.1) is 11.3 Å². The second-order valence-corrected chi connectivity index (χ2v) is 6.02. The Hall–Kier alpha value is -1.95. The number of aromatic nitrogens is 1. The van der Waals surface area contributed by atoms with Crippen molar-refractivity contribution >= 4 is 17.0 Å². The number of hydrogen-bond acceptors (Lipinski definition) is 1. The first-order chi connectivity index (χ1) is 10.3. The Morgan fingerprint density at radius 3 is 2.14 bits per heavy atom. The lowest BCUT2D eigenvalue weighted by atomic mass is 10.1. The first kappa shape index (κ1) is 15.0. The molecule has 0 aromatic carbocycles. The monoisotopic (exact) mass is 326 g/mol. The Bertz CT molecular complexity index is 758. The summed E-state index contributed by atoms with van der Waals surface area (Å²) in [6, 6.07) is 7.22. The summed E-state index contributed by atoms with van der Waals surface area (Å²) in [5.74, 6) is -8.47. The van der Waals surface area contributed by atoms with Crippen molar-refractivity contribution in [3.8, 4) is 10.4 Å². The summed E-state index contributed by atoms with van der Waals surface area (Å²) in [5, 5.41) is 1.92. The van der Waals surface area contributed by atoms with Crippen LogP contribution in [0, 0.1) is 0 Å². The molecule has 0 atom stereocenters. The van der Waals surface area contributed by atoms with Crippen LogP contribution >= 0.6 is 11.3 Å². The summed E-state index contributed by atoms with van der Waals surface area (Å²) < 4.78 is 56.1. The molecule has 0 saturated carbocycles. The number of halogens is 4. The molecule has 1 nitrogen and oxygen atoms in total. The highest BCUT2D eigenvalue weighted by molar-refractivity contribution is 7.13. The van der Waals surface area contributed by atoms with Crippen molar-refractivity contribution in [1.29, 1.82) is 0 Å². The number of allylic oxidation sites excluding steroid dienone is 3. The minimum Gasteiger partial charge on any atom is -0.194 e. The molecule has 2 aromatic heterocycles. The zero-order valence-electron chi connectivity index (χ0n) is 11.6. The van der Waals surface area contributed by atoms with Crippen LogP contribution in [-0.4, -0.2) is 11.8 Å². The van der Waals surface area contributed by atoms with Crippen molar-refractivity contribution in [2.24, 2.45) is 0 Å². The van der Waals surface area contributed by atoms with Crippen LogP contribution in [0.3, 0.4) is 0 Å². The second kappa shape index (κ2) is 4.78. The Morgan fingerprint density at radius 2 is 1.68 bits per heavy atom. The zero-order chi connectivity index (χ0) is 16.1. The second-order valence-electron chi connectivity index (χ2n) is 5.07. The number of alkyl halides is 4. The van der Waals surface area contributed by atoms with Crippen LogP contribution in [0.4, 0.5) is 17.6 Å². The predicted octanol–water partition coefficient (Wildman–Crippen LogP) is 4.77. The van der Waals surface area contributed by atoms with E-state index in [2.05, 4.69) is 6.58 Å². The van der Waals surface area contributed by atoms with E-state index < -0.39 is 23.0 Å². The lowest BCUT2D eigenvalue weighted by Gasteiger charge is -2.19. The SMILES string of the molecule is C=C1C([n+]2ccc(-c3cccs3)cc2)=C(C)C(F)(F)C1(F)F. The minimum absolute atomic E-state index is 0.229. The summed E-state index contributed by atoms with van der Waals surface area (Å²) >= 11 is 1.54. The first-order valence-electron chi connectivity index (χ1n) is 6.49. The van der Waals surface area contributed by atoms with Gasteiger partial charge in [-0.1, -0.05) is 12.6 Å². The average molecular weight is 326 g/mol. The van der Waals surface area contributed by atoms with E-state index in [1.807, 2.05) is 17.5 Å². The van der Waals surface area contributed by atoms with E-state index in [9.17, 15) is 17.6 Å². The summed E-state index contributed by atoms with van der Waals surface area (Å²) in [4.78, 5) is 1.01. The number of hydrogen-bond donors (Lipinski definition) is 0. The van der Waals surface area contributed by atoms with Crippen LogP contribution in [0.25, 0.3) is 16.1 Å². The van der Waals surface area contributed by atoms with Crippen molar-refractivity contribution < 1.29 is 22.1 Å². The molecule has 0 bridgehead atoms. The number of nitrogens with zero attached hydrogens (tertiary/aromatic N) is 1. The highest BCUT2D eigenvalue weighted by atomic mass is 32.1. The normalized spacial score (nSPS) is 19.8. The van der Waals surface area contributed by atoms with Crippen LogP contribution in [0.2, 0.25) is 0 Å². The Balaban J connectivity index is 2.05. The standard InChI is InChI=1S/C16H12F4NS/c1-10-14(11(2)16(19,20)15(10,17)18)21-7-5-12(6-8-21)13-4-3-9-22-13/h3-9H,1H2,2H3/q+1. The maximum atomic E-state index is 13.7. The number of thiophene rings is 1. The van der Waals surface area contributed by atoms with Crippen LogP contribution in [0.1, 0.15) is 6.92 Å². The molecule has 2 aromatic rings. The molecule has 0 spiro atoms. The van der Waals surface area contributed by atoms with Gasteiger partial charge in [0.15, 0.2) is 12.4 Å². The van der Waals surface area contributed by atoms with E-state index >= 15 is 0 Å². The van der Waals surface area contributed by atoms with Gasteiger partial charge in [-0.05, 0) is 18.4 Å². The summed E-state index contributed by atoms with van der Waals surface area (Å²) in [6.07, 6.45) is 2.99. The third-order valence-electron chi connectivity index (χ3n) is 3.78. The highest BCUT2D eigenvalue weighted by Crippen LogP contribution is 2.53. The fraction of sp³-hybridized carbons (Fsp3) is 0.188. The van der Waals surface area contributed by atoms with Crippen molar-refractivity contribution in [1.82, 2.24) is 0 Å². The molecule has 1 aliphatic rings. The van der Waals surface area contributed by atoms with Crippen LogP contribution in [-0.2, 0) is 0 Å². The highest BCUT2D eigenvalue weighted by Gasteiger charge is 2.68. The van der Waals surface area contributed by atoms with Gasteiger partial charge in [0.2, 0.25) is 5.70 Å². The number of pyridine rings is 1. The van der Waals surface area contributed by atoms with Crippen LogP contribution < -0.4 is 4.57 Å². The summed E-state index contributed by atoms with van der Waals surface area (Å²) in [7, 11) is 0. The van der Waals surface area contributed by atoms with Crippen LogP contribution in [0.5, 0.6) is 0 Å². The lowest BCUT2D eigenvalue weighted by molar-refractivity contribution is -0.580. The third kappa shape index (κ3) is 1.94. The smallest absolute Gasteiger partial charge is 0.194 e.